The molecule has 408 valence electrons. The van der Waals surface area contributed by atoms with Gasteiger partial charge in [0.15, 0.2) is 0 Å². The summed E-state index contributed by atoms with van der Waals surface area (Å²) < 4.78 is 30.6. The predicted octanol–water partition coefficient (Wildman–Crippen LogP) is 17.2. The molecule has 0 bridgehead atoms. The maximum Gasteiger partial charge on any atom is 0.472 e. The van der Waals surface area contributed by atoms with Gasteiger partial charge in [-0.2, -0.15) is 0 Å². The Hall–Kier alpha value is -3.07. The van der Waals surface area contributed by atoms with Crippen molar-refractivity contribution in [3.8, 4) is 0 Å². The number of likely N-dealkylation sites (N-methyl/N-ethyl adjacent to an activating group) is 1. The Labute approximate surface area is 437 Å². The number of allylic oxidation sites excluding steroid dienone is 15. The Kier molecular flexibility index (Phi) is 48.3. The van der Waals surface area contributed by atoms with Gasteiger partial charge in [-0.15, -0.1) is 0 Å². The number of esters is 1. The number of hydrogen-bond acceptors (Lipinski definition) is 6. The van der Waals surface area contributed by atoms with Gasteiger partial charge < -0.3 is 19.4 Å². The van der Waals surface area contributed by atoms with E-state index in [4.69, 9.17) is 13.8 Å². The van der Waals surface area contributed by atoms with E-state index in [-0.39, 0.29) is 31.5 Å². The van der Waals surface area contributed by atoms with Crippen molar-refractivity contribution < 1.29 is 37.3 Å². The van der Waals surface area contributed by atoms with Crippen LogP contribution in [0, 0.1) is 0 Å². The first-order chi connectivity index (χ1) is 34.4. The van der Waals surface area contributed by atoms with Crippen LogP contribution in [-0.2, 0) is 27.9 Å². The molecule has 9 nitrogen and oxygen atoms in total. The zero-order valence-corrected chi connectivity index (χ0v) is 47.3. The molecule has 0 aliphatic rings. The summed E-state index contributed by atoms with van der Waals surface area (Å²) in [6.07, 6.45) is 66.9. The summed E-state index contributed by atoms with van der Waals surface area (Å²) in [5.74, 6) is -0.572. The van der Waals surface area contributed by atoms with Crippen LogP contribution in [0.15, 0.2) is 97.2 Å². The zero-order chi connectivity index (χ0) is 52.2. The van der Waals surface area contributed by atoms with Crippen LogP contribution in [0.2, 0.25) is 0 Å². The molecule has 0 aromatic carbocycles. The van der Waals surface area contributed by atoms with Crippen molar-refractivity contribution in [2.45, 2.75) is 238 Å². The molecule has 0 aliphatic carbocycles. The van der Waals surface area contributed by atoms with Gasteiger partial charge >= 0.3 is 13.8 Å². The van der Waals surface area contributed by atoms with Crippen molar-refractivity contribution in [2.75, 3.05) is 40.9 Å². The van der Waals surface area contributed by atoms with Crippen molar-refractivity contribution in [1.82, 2.24) is 5.32 Å². The van der Waals surface area contributed by atoms with Crippen LogP contribution in [0.1, 0.15) is 226 Å². The number of rotatable bonds is 50. The van der Waals surface area contributed by atoms with E-state index in [0.29, 0.717) is 30.3 Å². The minimum atomic E-state index is -4.46. The van der Waals surface area contributed by atoms with Gasteiger partial charge in [-0.1, -0.05) is 215 Å². The lowest BCUT2D eigenvalue weighted by atomic mass is 10.0. The Morgan fingerprint density at radius 3 is 1.51 bits per heavy atom. The topological polar surface area (TPSA) is 111 Å². The fraction of sp³-hybridized carbons (Fsp3) is 0.705. The molecule has 0 aliphatic heterocycles. The van der Waals surface area contributed by atoms with Crippen molar-refractivity contribution >= 4 is 19.7 Å². The van der Waals surface area contributed by atoms with Crippen LogP contribution >= 0.6 is 7.82 Å². The summed E-state index contributed by atoms with van der Waals surface area (Å²) in [5, 5.41) is 3.02. The van der Waals surface area contributed by atoms with Gasteiger partial charge in [-0.25, -0.2) is 4.57 Å². The van der Waals surface area contributed by atoms with Gasteiger partial charge in [-0.05, 0) is 96.0 Å². The number of nitrogens with one attached hydrogen (secondary N) is 1. The number of carbonyl (C=O) groups is 2. The first kappa shape index (κ1) is 67.9. The number of hydrogen-bond donors (Lipinski definition) is 2. The third-order valence-corrected chi connectivity index (χ3v) is 13.1. The first-order valence-corrected chi connectivity index (χ1v) is 30.1. The van der Waals surface area contributed by atoms with Crippen molar-refractivity contribution in [2.24, 2.45) is 0 Å². The zero-order valence-electron chi connectivity index (χ0n) is 46.4. The fourth-order valence-corrected chi connectivity index (χ4v) is 8.36. The smallest absolute Gasteiger partial charge is 0.456 e. The number of phosphoric acid groups is 1. The summed E-state index contributed by atoms with van der Waals surface area (Å²) in [7, 11) is 1.45. The second kappa shape index (κ2) is 50.5. The quantitative estimate of drug-likeness (QED) is 0.0156. The Balaban J connectivity index is 5.45. The molecule has 1 amide bonds. The number of phosphoric ester groups is 1. The van der Waals surface area contributed by atoms with Crippen molar-refractivity contribution in [3.05, 3.63) is 97.2 Å². The number of amides is 1. The van der Waals surface area contributed by atoms with Crippen LogP contribution in [0.4, 0.5) is 0 Å². The molecule has 3 atom stereocenters. The SMILES string of the molecule is CC/C=C/C=C/C=C\CCCCCCCC(=O)NC(COP(=O)(O)OCC[N+](C)(C)C)C(/C=C\CCCCCCCCCCCCC)OC(=O)CCCCC/C=C\C/C=C\C/C=C\C/C=C\CCCCC. The minimum Gasteiger partial charge on any atom is -0.456 e. The molecule has 0 radical (unpaired) electrons. The maximum absolute atomic E-state index is 13.5. The van der Waals surface area contributed by atoms with Crippen LogP contribution in [-0.4, -0.2) is 74.3 Å². The van der Waals surface area contributed by atoms with Gasteiger partial charge in [0.2, 0.25) is 5.91 Å². The largest absolute Gasteiger partial charge is 0.472 e. The molecule has 0 aromatic rings. The average molecular weight is 1010 g/mol. The van der Waals surface area contributed by atoms with E-state index < -0.39 is 20.0 Å². The van der Waals surface area contributed by atoms with Crippen LogP contribution < -0.4 is 5.32 Å². The molecule has 0 rings (SSSR count). The lowest BCUT2D eigenvalue weighted by Gasteiger charge is -2.27. The second-order valence-electron chi connectivity index (χ2n) is 20.1. The monoisotopic (exact) mass is 1010 g/mol. The molecule has 3 unspecified atom stereocenters. The third kappa shape index (κ3) is 51.6. The molecule has 0 heterocycles. The highest BCUT2D eigenvalue weighted by atomic mass is 31.2. The molecule has 0 saturated heterocycles. The molecular weight excluding hydrogens is 904 g/mol. The van der Waals surface area contributed by atoms with E-state index in [1.807, 2.05) is 39.4 Å². The van der Waals surface area contributed by atoms with Gasteiger partial charge in [0, 0.05) is 12.8 Å². The first-order valence-electron chi connectivity index (χ1n) is 28.6. The Morgan fingerprint density at radius 1 is 0.521 bits per heavy atom. The molecular formula is C61H108N2O7P+. The summed E-state index contributed by atoms with van der Waals surface area (Å²) in [6.45, 7) is 6.79. The highest BCUT2D eigenvalue weighted by Crippen LogP contribution is 2.43. The van der Waals surface area contributed by atoms with E-state index in [1.54, 1.807) is 0 Å². The molecule has 0 fully saturated rings. The van der Waals surface area contributed by atoms with Crippen molar-refractivity contribution in [3.63, 3.8) is 0 Å². The molecule has 71 heavy (non-hydrogen) atoms. The van der Waals surface area contributed by atoms with Gasteiger partial charge in [0.1, 0.15) is 19.3 Å². The maximum atomic E-state index is 13.5. The highest BCUT2D eigenvalue weighted by molar-refractivity contribution is 7.47. The number of quaternary nitrogens is 1. The lowest BCUT2D eigenvalue weighted by Crippen LogP contribution is -2.47. The molecule has 0 saturated carbocycles. The molecule has 0 aromatic heterocycles. The lowest BCUT2D eigenvalue weighted by molar-refractivity contribution is -0.870. The van der Waals surface area contributed by atoms with E-state index in [9.17, 15) is 19.0 Å². The second-order valence-corrected chi connectivity index (χ2v) is 21.6. The predicted molar refractivity (Wildman–Crippen MR) is 304 cm³/mol. The van der Waals surface area contributed by atoms with E-state index in [2.05, 4.69) is 105 Å². The number of unbranched alkanes of at least 4 members (excludes halogenated alkanes) is 22. The average Bonchev–Trinajstić information content (AvgIpc) is 3.33. The standard InChI is InChI=1S/C61H107N2O7P/c1-7-10-13-16-19-22-25-28-29-30-31-32-33-36-39-42-45-48-51-54-61(65)70-59(52-49-46-43-40-37-34-26-23-20-17-14-11-8-2)58(57-69-71(66,67)68-56-55-63(4,5)6)62-60(64)53-50-47-44-41-38-35-27-24-21-18-15-12-9-3/h12,15,18-19,21-22,24,27-29,31-32,36,39,49,52,58-59H,7-11,13-14,16-17,20,23,25-26,30,33-35,37-38,40-48,50-51,53-57H2,1-6H3,(H-,62,64,66,67)/p+1/b15-12+,21-18+,22-19-,27-24-,29-28-,32-31-,39-36-,52-49-. The normalized spacial score (nSPS) is 14.5. The minimum absolute atomic E-state index is 0.0258. The summed E-state index contributed by atoms with van der Waals surface area (Å²) >= 11 is 0. The molecule has 2 N–H and O–H groups in total. The van der Waals surface area contributed by atoms with E-state index >= 15 is 0 Å². The van der Waals surface area contributed by atoms with Gasteiger partial charge in [-0.3, -0.25) is 18.6 Å². The summed E-state index contributed by atoms with van der Waals surface area (Å²) in [4.78, 5) is 37.6. The fourth-order valence-electron chi connectivity index (χ4n) is 7.63. The molecule has 10 heteroatoms. The van der Waals surface area contributed by atoms with Crippen molar-refractivity contribution in [1.29, 1.82) is 0 Å². The van der Waals surface area contributed by atoms with Crippen LogP contribution in [0.3, 0.4) is 0 Å². The van der Waals surface area contributed by atoms with Gasteiger partial charge in [0.25, 0.3) is 0 Å². The number of nitrogens with zero attached hydrogens (tertiary/aromatic N) is 1. The van der Waals surface area contributed by atoms with Gasteiger partial charge in [0.05, 0.1) is 33.8 Å². The van der Waals surface area contributed by atoms with E-state index in [0.717, 1.165) is 96.3 Å². The third-order valence-electron chi connectivity index (χ3n) is 12.1. The van der Waals surface area contributed by atoms with E-state index in [1.165, 1.54) is 83.5 Å². The van der Waals surface area contributed by atoms with Crippen LogP contribution in [0.25, 0.3) is 0 Å². The van der Waals surface area contributed by atoms with Crippen LogP contribution in [0.5, 0.6) is 0 Å². The highest BCUT2D eigenvalue weighted by Gasteiger charge is 2.30. The summed E-state index contributed by atoms with van der Waals surface area (Å²) in [6, 6.07) is -0.877. The summed E-state index contributed by atoms with van der Waals surface area (Å²) in [5.41, 5.74) is 0. The Bertz CT molecular complexity index is 1540. The number of ether oxygens (including phenoxy) is 1. The molecule has 0 spiro atoms. The number of carbonyl (C=O) groups excluding carboxylic acids is 2. The Morgan fingerprint density at radius 2 is 0.958 bits per heavy atom.